The van der Waals surface area contributed by atoms with Gasteiger partial charge in [-0.05, 0) is 55.5 Å². The van der Waals surface area contributed by atoms with E-state index >= 15 is 0 Å². The highest BCUT2D eigenvalue weighted by molar-refractivity contribution is 7.98. The fourth-order valence-electron chi connectivity index (χ4n) is 4.32. The van der Waals surface area contributed by atoms with E-state index in [1.807, 2.05) is 62.6 Å². The van der Waals surface area contributed by atoms with E-state index in [2.05, 4.69) is 6.07 Å². The molecule has 5 rings (SSSR count). The number of benzene rings is 3. The van der Waals surface area contributed by atoms with Gasteiger partial charge in [0.25, 0.3) is 0 Å². The van der Waals surface area contributed by atoms with Crippen LogP contribution in [0.25, 0.3) is 11.0 Å². The van der Waals surface area contributed by atoms with Crippen LogP contribution in [-0.2, 0) is 0 Å². The molecule has 0 saturated carbocycles. The minimum Gasteiger partial charge on any atom is -0.449 e. The molecule has 0 spiro atoms. The van der Waals surface area contributed by atoms with E-state index in [9.17, 15) is 10.1 Å². The lowest BCUT2D eigenvalue weighted by molar-refractivity contribution is 0.0702. The van der Waals surface area contributed by atoms with E-state index in [0.717, 1.165) is 32.5 Å². The molecular weight excluding hydrogens is 460 g/mol. The number of furan rings is 1. The maximum Gasteiger partial charge on any atom is 0.379 e. The largest absolute Gasteiger partial charge is 0.449 e. The molecule has 1 aliphatic rings. The molecule has 0 aliphatic carbocycles. The van der Waals surface area contributed by atoms with Crippen molar-refractivity contribution in [3.63, 3.8) is 0 Å². The summed E-state index contributed by atoms with van der Waals surface area (Å²) in [5.74, 6) is -0.0759. The summed E-state index contributed by atoms with van der Waals surface area (Å²) in [6.45, 7) is 3.79. The number of thioether (sulfide) groups is 1. The van der Waals surface area contributed by atoms with Crippen molar-refractivity contribution < 1.29 is 18.7 Å². The van der Waals surface area contributed by atoms with Crippen LogP contribution in [0.15, 0.2) is 81.4 Å². The Hall–Kier alpha value is -4.15. The Morgan fingerprint density at radius 1 is 1.09 bits per heavy atom. The molecule has 0 radical (unpaired) electrons. The third-order valence-corrected chi connectivity index (χ3v) is 6.87. The number of rotatable bonds is 4. The molecule has 3 aromatic carbocycles. The highest BCUT2D eigenvalue weighted by Gasteiger charge is 2.31. The number of esters is 1. The first-order valence-electron chi connectivity index (χ1n) is 11.0. The van der Waals surface area contributed by atoms with E-state index < -0.39 is 5.97 Å². The zero-order valence-electron chi connectivity index (χ0n) is 19.4. The van der Waals surface area contributed by atoms with Crippen LogP contribution in [0.2, 0.25) is 0 Å². The lowest BCUT2D eigenvalue weighted by Crippen LogP contribution is -2.21. The molecule has 174 valence electrons. The Morgan fingerprint density at radius 3 is 2.57 bits per heavy atom. The van der Waals surface area contributed by atoms with Crippen molar-refractivity contribution in [3.8, 4) is 17.6 Å². The van der Waals surface area contributed by atoms with Gasteiger partial charge in [-0.3, -0.25) is 0 Å². The summed E-state index contributed by atoms with van der Waals surface area (Å²) >= 11 is 1.64. The second-order valence-electron chi connectivity index (χ2n) is 8.34. The van der Waals surface area contributed by atoms with Gasteiger partial charge in [0.05, 0.1) is 5.92 Å². The van der Waals surface area contributed by atoms with Crippen molar-refractivity contribution in [3.05, 3.63) is 100 Å². The van der Waals surface area contributed by atoms with Crippen molar-refractivity contribution in [1.82, 2.24) is 0 Å². The summed E-state index contributed by atoms with van der Waals surface area (Å²) in [7, 11) is 0. The smallest absolute Gasteiger partial charge is 0.379 e. The number of nitrogens with zero attached hydrogens (tertiary/aromatic N) is 1. The Morgan fingerprint density at radius 2 is 1.86 bits per heavy atom. The minimum absolute atomic E-state index is 0.0333. The molecule has 1 aromatic heterocycles. The van der Waals surface area contributed by atoms with Crippen LogP contribution in [-0.4, -0.2) is 12.2 Å². The average Bonchev–Trinajstić information content (AvgIpc) is 3.18. The summed E-state index contributed by atoms with van der Waals surface area (Å²) < 4.78 is 17.2. The van der Waals surface area contributed by atoms with Gasteiger partial charge in [-0.1, -0.05) is 30.3 Å². The van der Waals surface area contributed by atoms with Crippen LogP contribution in [0.4, 0.5) is 0 Å². The first kappa shape index (κ1) is 22.6. The molecule has 1 aliphatic heterocycles. The lowest BCUT2D eigenvalue weighted by atomic mass is 9.83. The molecule has 6 nitrogen and oxygen atoms in total. The average molecular weight is 483 g/mol. The van der Waals surface area contributed by atoms with Crippen molar-refractivity contribution >= 4 is 28.7 Å². The molecule has 2 N–H and O–H groups in total. The van der Waals surface area contributed by atoms with E-state index in [0.29, 0.717) is 16.9 Å². The summed E-state index contributed by atoms with van der Waals surface area (Å²) in [5.41, 5.74) is 10.5. The van der Waals surface area contributed by atoms with Crippen LogP contribution in [0.3, 0.4) is 0 Å². The second-order valence-corrected chi connectivity index (χ2v) is 9.22. The van der Waals surface area contributed by atoms with Gasteiger partial charge in [0, 0.05) is 27.5 Å². The molecule has 35 heavy (non-hydrogen) atoms. The molecule has 0 amide bonds. The standard InChI is InChI=1S/C28H22N2O4S/c1-15-4-10-20-16(2)26(33-23(20)12-15)28(31)32-18-7-11-21-24(13-18)34-27(30)22(14-29)25(21)17-5-8-19(35-3)9-6-17/h4-13,25H,30H2,1-3H3. The molecule has 1 atom stereocenters. The molecular formula is C28H22N2O4S. The third-order valence-electron chi connectivity index (χ3n) is 6.13. The van der Waals surface area contributed by atoms with Crippen LogP contribution < -0.4 is 15.2 Å². The monoisotopic (exact) mass is 482 g/mol. The number of hydrogen-bond donors (Lipinski definition) is 1. The molecule has 1 unspecified atom stereocenters. The normalized spacial score (nSPS) is 14.9. The quantitative estimate of drug-likeness (QED) is 0.210. The Kier molecular flexibility index (Phi) is 5.75. The first-order valence-corrected chi connectivity index (χ1v) is 12.2. The fourth-order valence-corrected chi connectivity index (χ4v) is 4.73. The number of fused-ring (bicyclic) bond motifs is 2. The molecule has 4 aromatic rings. The number of nitrogens with two attached hydrogens (primary N) is 1. The predicted molar refractivity (Wildman–Crippen MR) is 135 cm³/mol. The van der Waals surface area contributed by atoms with Gasteiger partial charge in [0.15, 0.2) is 0 Å². The highest BCUT2D eigenvalue weighted by atomic mass is 32.2. The minimum atomic E-state index is -0.599. The van der Waals surface area contributed by atoms with Crippen molar-refractivity contribution in [1.29, 1.82) is 5.26 Å². The van der Waals surface area contributed by atoms with Gasteiger partial charge < -0.3 is 19.6 Å². The number of hydrogen-bond acceptors (Lipinski definition) is 7. The van der Waals surface area contributed by atoms with Crippen LogP contribution in [0.1, 0.15) is 38.7 Å². The van der Waals surface area contributed by atoms with E-state index in [1.54, 1.807) is 30.0 Å². The fraction of sp³-hybridized carbons (Fsp3) is 0.143. The van der Waals surface area contributed by atoms with Gasteiger partial charge >= 0.3 is 5.97 Å². The van der Waals surface area contributed by atoms with Crippen LogP contribution in [0, 0.1) is 25.2 Å². The molecule has 0 bridgehead atoms. The van der Waals surface area contributed by atoms with Gasteiger partial charge in [-0.25, -0.2) is 4.79 Å². The maximum atomic E-state index is 12.9. The van der Waals surface area contributed by atoms with Crippen molar-refractivity contribution in [2.24, 2.45) is 5.73 Å². The zero-order valence-corrected chi connectivity index (χ0v) is 20.2. The van der Waals surface area contributed by atoms with Gasteiger partial charge in [-0.2, -0.15) is 5.26 Å². The number of aryl methyl sites for hydroxylation is 2. The van der Waals surface area contributed by atoms with Crippen molar-refractivity contribution in [2.75, 3.05) is 6.26 Å². The van der Waals surface area contributed by atoms with Crippen LogP contribution >= 0.6 is 11.8 Å². The number of ether oxygens (including phenoxy) is 2. The van der Waals surface area contributed by atoms with Crippen LogP contribution in [0.5, 0.6) is 11.5 Å². The highest BCUT2D eigenvalue weighted by Crippen LogP contribution is 2.43. The Labute approximate surface area is 206 Å². The SMILES string of the molecule is CSc1ccc(C2C(C#N)=C(N)Oc3cc(OC(=O)c4oc5cc(C)ccc5c4C)ccc32)cc1. The lowest BCUT2D eigenvalue weighted by Gasteiger charge is -2.26. The van der Waals surface area contributed by atoms with Gasteiger partial charge in [0.2, 0.25) is 11.6 Å². The maximum absolute atomic E-state index is 12.9. The molecule has 7 heteroatoms. The molecule has 0 saturated heterocycles. The summed E-state index contributed by atoms with van der Waals surface area (Å²) in [6, 6.07) is 21.0. The van der Waals surface area contributed by atoms with E-state index in [-0.39, 0.29) is 23.3 Å². The summed E-state index contributed by atoms with van der Waals surface area (Å²) in [4.78, 5) is 14.1. The number of nitriles is 1. The van der Waals surface area contributed by atoms with Crippen molar-refractivity contribution in [2.45, 2.75) is 24.7 Å². The van der Waals surface area contributed by atoms with E-state index in [1.165, 1.54) is 0 Å². The Balaban J connectivity index is 1.48. The Bertz CT molecular complexity index is 1540. The predicted octanol–water partition coefficient (Wildman–Crippen LogP) is 6.21. The molecule has 2 heterocycles. The number of allylic oxidation sites excluding steroid dienone is 1. The molecule has 0 fully saturated rings. The third kappa shape index (κ3) is 4.02. The number of carbonyl (C=O) groups excluding carboxylic acids is 1. The van der Waals surface area contributed by atoms with Gasteiger partial charge in [-0.15, -0.1) is 11.8 Å². The second kappa shape index (κ2) is 8.90. The topological polar surface area (TPSA) is 98.5 Å². The summed E-state index contributed by atoms with van der Waals surface area (Å²) in [5, 5.41) is 10.6. The number of carbonyl (C=O) groups is 1. The first-order chi connectivity index (χ1) is 16.9. The van der Waals surface area contributed by atoms with Gasteiger partial charge in [0.1, 0.15) is 28.7 Å². The zero-order chi connectivity index (χ0) is 24.7. The van der Waals surface area contributed by atoms with E-state index in [4.69, 9.17) is 19.6 Å². The summed E-state index contributed by atoms with van der Waals surface area (Å²) in [6.07, 6.45) is 2.01.